The Kier molecular flexibility index (Phi) is 4.42. The van der Waals surface area contributed by atoms with Crippen molar-refractivity contribution in [3.8, 4) is 5.75 Å². The van der Waals surface area contributed by atoms with Crippen LogP contribution in [0.5, 0.6) is 5.75 Å². The Morgan fingerprint density at radius 1 is 1.09 bits per heavy atom. The van der Waals surface area contributed by atoms with E-state index >= 15 is 0 Å². The van der Waals surface area contributed by atoms with E-state index < -0.39 is 17.4 Å². The van der Waals surface area contributed by atoms with Crippen LogP contribution in [0.1, 0.15) is 25.3 Å². The molecule has 2 aromatic carbocycles. The lowest BCUT2D eigenvalue weighted by molar-refractivity contribution is -0.137. The molecule has 3 amide bonds. The van der Waals surface area contributed by atoms with Crippen molar-refractivity contribution in [3.05, 3.63) is 53.1 Å². The van der Waals surface area contributed by atoms with E-state index in [1.165, 1.54) is 12.0 Å². The highest BCUT2D eigenvalue weighted by Gasteiger charge is 2.75. The van der Waals surface area contributed by atoms with Crippen LogP contribution in [0.25, 0.3) is 0 Å². The zero-order chi connectivity index (χ0) is 23.1. The fourth-order valence-electron chi connectivity index (χ4n) is 6.73. The molecule has 1 spiro atoms. The summed E-state index contributed by atoms with van der Waals surface area (Å²) in [5.41, 5.74) is 0.832. The van der Waals surface area contributed by atoms with Crippen LogP contribution in [0.3, 0.4) is 0 Å². The maximum absolute atomic E-state index is 14.1. The van der Waals surface area contributed by atoms with Gasteiger partial charge in [-0.1, -0.05) is 29.8 Å². The highest BCUT2D eigenvalue weighted by Crippen LogP contribution is 2.62. The van der Waals surface area contributed by atoms with Gasteiger partial charge in [-0.3, -0.25) is 19.3 Å². The van der Waals surface area contributed by atoms with Crippen molar-refractivity contribution < 1.29 is 19.1 Å². The number of fused-ring (bicyclic) bond motifs is 7. The zero-order valence-electron chi connectivity index (χ0n) is 18.5. The predicted molar refractivity (Wildman–Crippen MR) is 123 cm³/mol. The number of halogens is 1. The van der Waals surface area contributed by atoms with Crippen molar-refractivity contribution in [2.45, 2.75) is 31.3 Å². The van der Waals surface area contributed by atoms with Gasteiger partial charge in [-0.05, 0) is 50.6 Å². The van der Waals surface area contributed by atoms with Crippen molar-refractivity contribution in [1.29, 1.82) is 0 Å². The van der Waals surface area contributed by atoms with Crippen LogP contribution >= 0.6 is 11.6 Å². The van der Waals surface area contributed by atoms with Gasteiger partial charge in [-0.15, -0.1) is 0 Å². The molecule has 0 unspecified atom stereocenters. The van der Waals surface area contributed by atoms with E-state index in [1.54, 1.807) is 23.1 Å². The summed E-state index contributed by atoms with van der Waals surface area (Å²) in [7, 11) is 1.49. The molecule has 4 aliphatic heterocycles. The number of ether oxygens (including phenoxy) is 1. The summed E-state index contributed by atoms with van der Waals surface area (Å²) in [6, 6.07) is 12.4. The number of benzene rings is 2. The zero-order valence-corrected chi connectivity index (χ0v) is 19.2. The van der Waals surface area contributed by atoms with Crippen molar-refractivity contribution in [2.24, 2.45) is 11.8 Å². The summed E-state index contributed by atoms with van der Waals surface area (Å²) in [5.74, 6) is -1.72. The molecule has 170 valence electrons. The van der Waals surface area contributed by atoms with Gasteiger partial charge in [-0.2, -0.15) is 0 Å². The molecule has 0 aromatic heterocycles. The molecule has 2 aromatic rings. The number of para-hydroxylation sites is 1. The summed E-state index contributed by atoms with van der Waals surface area (Å²) in [5, 5.41) is 0.403. The molecule has 0 radical (unpaired) electrons. The number of likely N-dealkylation sites (N-methyl/N-ethyl adjacent to an activating group) is 1. The van der Waals surface area contributed by atoms with Crippen LogP contribution in [-0.2, 0) is 19.9 Å². The normalized spacial score (nSPS) is 30.4. The molecule has 0 saturated carbocycles. The average Bonchev–Trinajstić information content (AvgIpc) is 3.51. The highest BCUT2D eigenvalue weighted by molar-refractivity contribution is 6.32. The number of anilines is 2. The summed E-state index contributed by atoms with van der Waals surface area (Å²) in [6.45, 7) is 3.13. The van der Waals surface area contributed by atoms with Gasteiger partial charge in [-0.25, -0.2) is 4.90 Å². The van der Waals surface area contributed by atoms with Gasteiger partial charge >= 0.3 is 0 Å². The van der Waals surface area contributed by atoms with Crippen molar-refractivity contribution in [1.82, 2.24) is 4.90 Å². The summed E-state index contributed by atoms with van der Waals surface area (Å²) < 4.78 is 5.46. The Labute approximate surface area is 196 Å². The Bertz CT molecular complexity index is 1220. The molecule has 3 fully saturated rings. The van der Waals surface area contributed by atoms with Gasteiger partial charge in [0.05, 0.1) is 24.6 Å². The van der Waals surface area contributed by atoms with Crippen LogP contribution in [0, 0.1) is 11.8 Å². The molecule has 4 aliphatic rings. The summed E-state index contributed by atoms with van der Waals surface area (Å²) >= 11 is 6.23. The maximum Gasteiger partial charge on any atom is 0.253 e. The molecule has 0 N–H and O–H groups in total. The average molecular weight is 466 g/mol. The Morgan fingerprint density at radius 2 is 1.88 bits per heavy atom. The third-order valence-electron chi connectivity index (χ3n) is 7.84. The number of imide groups is 1. The number of methoxy groups -OCH3 is 1. The standard InChI is InChI=1S/C25H24ClN3O4/c1-3-27-16-8-5-4-7-15(16)25(24(27)32)21-20(17-9-6-12-28(17)25)22(30)29(23(21)31)18-13-14(26)10-11-19(18)33-2/h4-5,7-8,10-11,13,17,20-21H,3,6,9,12H2,1-2H3/t17-,20-,21-,25-/m0/s1. The molecule has 33 heavy (non-hydrogen) atoms. The first-order valence-corrected chi connectivity index (χ1v) is 11.7. The van der Waals surface area contributed by atoms with Crippen molar-refractivity contribution in [3.63, 3.8) is 0 Å². The van der Waals surface area contributed by atoms with Gasteiger partial charge < -0.3 is 9.64 Å². The van der Waals surface area contributed by atoms with Crippen LogP contribution in [0.4, 0.5) is 11.4 Å². The van der Waals surface area contributed by atoms with Gasteiger partial charge in [0.25, 0.3) is 5.91 Å². The molecule has 0 aliphatic carbocycles. The largest absolute Gasteiger partial charge is 0.495 e. The highest BCUT2D eigenvalue weighted by atomic mass is 35.5. The van der Waals surface area contributed by atoms with Crippen LogP contribution in [-0.4, -0.2) is 48.9 Å². The van der Waals surface area contributed by atoms with E-state index in [0.717, 1.165) is 24.1 Å². The minimum Gasteiger partial charge on any atom is -0.495 e. The Balaban J connectivity index is 1.57. The van der Waals surface area contributed by atoms with Crippen LogP contribution in [0.2, 0.25) is 5.02 Å². The van der Waals surface area contributed by atoms with Gasteiger partial charge in [0.1, 0.15) is 11.3 Å². The minimum absolute atomic E-state index is 0.105. The van der Waals surface area contributed by atoms with Gasteiger partial charge in [0.2, 0.25) is 11.8 Å². The fraction of sp³-hybridized carbons (Fsp3) is 0.400. The second-order valence-corrected chi connectivity index (χ2v) is 9.50. The fourth-order valence-corrected chi connectivity index (χ4v) is 6.90. The molecule has 4 heterocycles. The first kappa shape index (κ1) is 20.7. The summed E-state index contributed by atoms with van der Waals surface area (Å²) in [6.07, 6.45) is 1.67. The molecular weight excluding hydrogens is 442 g/mol. The van der Waals surface area contributed by atoms with Crippen molar-refractivity contribution >= 4 is 40.7 Å². The Hall–Kier alpha value is -2.90. The predicted octanol–water partition coefficient (Wildman–Crippen LogP) is 3.19. The number of carbonyl (C=O) groups excluding carboxylic acids is 3. The first-order valence-electron chi connectivity index (χ1n) is 11.4. The second-order valence-electron chi connectivity index (χ2n) is 9.07. The number of hydrogen-bond acceptors (Lipinski definition) is 5. The number of hydrogen-bond donors (Lipinski definition) is 0. The van der Waals surface area contributed by atoms with Crippen LogP contribution < -0.4 is 14.5 Å². The van der Waals surface area contributed by atoms with Crippen molar-refractivity contribution in [2.75, 3.05) is 30.0 Å². The van der Waals surface area contributed by atoms with Gasteiger partial charge in [0, 0.05) is 28.9 Å². The minimum atomic E-state index is -1.16. The lowest BCUT2D eigenvalue weighted by Gasteiger charge is -2.37. The molecule has 6 rings (SSSR count). The molecule has 0 bridgehead atoms. The lowest BCUT2D eigenvalue weighted by Crippen LogP contribution is -2.56. The number of rotatable bonds is 3. The maximum atomic E-state index is 14.1. The number of carbonyl (C=O) groups is 3. The molecule has 8 heteroatoms. The topological polar surface area (TPSA) is 70.2 Å². The molecule has 7 nitrogen and oxygen atoms in total. The van der Waals surface area contributed by atoms with E-state index in [1.807, 2.05) is 31.2 Å². The monoisotopic (exact) mass is 465 g/mol. The lowest BCUT2D eigenvalue weighted by atomic mass is 9.75. The van der Waals surface area contributed by atoms with E-state index in [2.05, 4.69) is 4.90 Å². The number of nitrogens with zero attached hydrogens (tertiary/aromatic N) is 3. The molecule has 3 saturated heterocycles. The smallest absolute Gasteiger partial charge is 0.253 e. The van der Waals surface area contributed by atoms with Crippen LogP contribution in [0.15, 0.2) is 42.5 Å². The third kappa shape index (κ3) is 2.36. The van der Waals surface area contributed by atoms with Gasteiger partial charge in [0.15, 0.2) is 0 Å². The summed E-state index contributed by atoms with van der Waals surface area (Å²) in [4.78, 5) is 47.3. The second kappa shape index (κ2) is 7.05. The quantitative estimate of drug-likeness (QED) is 0.651. The van der Waals surface area contributed by atoms with E-state index in [-0.39, 0.29) is 23.8 Å². The Morgan fingerprint density at radius 3 is 2.64 bits per heavy atom. The first-order chi connectivity index (χ1) is 16.0. The molecule has 4 atom stereocenters. The van der Waals surface area contributed by atoms with E-state index in [9.17, 15) is 14.4 Å². The number of amides is 3. The SMILES string of the molecule is CCN1C(=O)[C@]2(c3ccccc31)[C@@H]1C(=O)N(c3cc(Cl)ccc3OC)C(=O)[C@H]1[C@@H]1CCCN12. The molecular formula is C25H24ClN3O4. The van der Waals surface area contributed by atoms with E-state index in [0.29, 0.717) is 29.5 Å². The van der Waals surface area contributed by atoms with E-state index in [4.69, 9.17) is 16.3 Å². The third-order valence-corrected chi connectivity index (χ3v) is 8.08.